The van der Waals surface area contributed by atoms with E-state index in [9.17, 15) is 4.79 Å². The first-order valence-electron chi connectivity index (χ1n) is 4.53. The van der Waals surface area contributed by atoms with Crippen molar-refractivity contribution in [3.63, 3.8) is 0 Å². The number of H-pyrrole nitrogens is 1. The Morgan fingerprint density at radius 2 is 2.43 bits per heavy atom. The number of carbonyl (C=O) groups is 1. The van der Waals surface area contributed by atoms with Gasteiger partial charge in [0, 0.05) is 13.2 Å². The predicted molar refractivity (Wildman–Crippen MR) is 53.2 cm³/mol. The largest absolute Gasteiger partial charge is 0.461 e. The van der Waals surface area contributed by atoms with Crippen LogP contribution in [0.2, 0.25) is 0 Å². The third-order valence-corrected chi connectivity index (χ3v) is 2.17. The van der Waals surface area contributed by atoms with E-state index in [4.69, 9.17) is 4.74 Å². The summed E-state index contributed by atoms with van der Waals surface area (Å²) in [6, 6.07) is 3.73. The number of hydrogen-bond donors (Lipinski definition) is 1. The minimum absolute atomic E-state index is 0.302. The Labute approximate surface area is 81.5 Å². The van der Waals surface area contributed by atoms with Gasteiger partial charge in [-0.25, -0.2) is 4.79 Å². The van der Waals surface area contributed by atoms with Gasteiger partial charge in [-0.05, 0) is 19.1 Å². The molecule has 2 heterocycles. The van der Waals surface area contributed by atoms with Gasteiger partial charge >= 0.3 is 5.97 Å². The molecule has 74 valence electrons. The van der Waals surface area contributed by atoms with Crippen LogP contribution in [0.3, 0.4) is 0 Å². The molecule has 0 aliphatic carbocycles. The van der Waals surface area contributed by atoms with Crippen LogP contribution in [-0.4, -0.2) is 22.1 Å². The summed E-state index contributed by atoms with van der Waals surface area (Å²) in [5.41, 5.74) is 2.47. The number of nitrogens with zero attached hydrogens (tertiary/aromatic N) is 1. The van der Waals surface area contributed by atoms with Crippen molar-refractivity contribution in [1.29, 1.82) is 0 Å². The first-order valence-corrected chi connectivity index (χ1v) is 4.53. The summed E-state index contributed by atoms with van der Waals surface area (Å²) in [4.78, 5) is 14.4. The van der Waals surface area contributed by atoms with Gasteiger partial charge in [-0.2, -0.15) is 0 Å². The number of aromatic amines is 1. The number of fused-ring (bicyclic) bond motifs is 1. The maximum Gasteiger partial charge on any atom is 0.354 e. The molecule has 14 heavy (non-hydrogen) atoms. The summed E-state index contributed by atoms with van der Waals surface area (Å²) in [6.07, 6.45) is 1.94. The highest BCUT2D eigenvalue weighted by atomic mass is 16.5. The van der Waals surface area contributed by atoms with Gasteiger partial charge in [-0.15, -0.1) is 0 Å². The first kappa shape index (κ1) is 8.87. The van der Waals surface area contributed by atoms with E-state index in [-0.39, 0.29) is 5.97 Å². The average Bonchev–Trinajstić information content (AvgIpc) is 2.69. The molecule has 2 aromatic heterocycles. The Morgan fingerprint density at radius 1 is 1.64 bits per heavy atom. The highest BCUT2D eigenvalue weighted by Gasteiger charge is 2.11. The summed E-state index contributed by atoms with van der Waals surface area (Å²) in [7, 11) is 1.94. The Balaban J connectivity index is 2.40. The lowest BCUT2D eigenvalue weighted by molar-refractivity contribution is 0.0520. The Morgan fingerprint density at radius 3 is 3.07 bits per heavy atom. The fourth-order valence-electron chi connectivity index (χ4n) is 1.46. The molecule has 0 fully saturated rings. The average molecular weight is 192 g/mol. The smallest absolute Gasteiger partial charge is 0.354 e. The number of rotatable bonds is 2. The number of hydrogen-bond acceptors (Lipinski definition) is 2. The van der Waals surface area contributed by atoms with E-state index in [1.165, 1.54) is 0 Å². The summed E-state index contributed by atoms with van der Waals surface area (Å²) in [6.45, 7) is 2.19. The van der Waals surface area contributed by atoms with E-state index in [1.54, 1.807) is 13.0 Å². The van der Waals surface area contributed by atoms with E-state index in [0.717, 1.165) is 11.0 Å². The normalized spacial score (nSPS) is 10.7. The van der Waals surface area contributed by atoms with E-state index in [0.29, 0.717) is 12.3 Å². The maximum atomic E-state index is 11.4. The van der Waals surface area contributed by atoms with E-state index >= 15 is 0 Å². The quantitative estimate of drug-likeness (QED) is 0.736. The van der Waals surface area contributed by atoms with Gasteiger partial charge in [0.2, 0.25) is 0 Å². The van der Waals surface area contributed by atoms with E-state index in [2.05, 4.69) is 4.98 Å². The van der Waals surface area contributed by atoms with E-state index < -0.39 is 0 Å². The van der Waals surface area contributed by atoms with Crippen LogP contribution in [0.15, 0.2) is 18.3 Å². The van der Waals surface area contributed by atoms with Crippen LogP contribution in [0.25, 0.3) is 11.0 Å². The molecule has 0 aliphatic heterocycles. The fraction of sp³-hybridized carbons (Fsp3) is 0.300. The fourth-order valence-corrected chi connectivity index (χ4v) is 1.46. The monoisotopic (exact) mass is 192 g/mol. The molecule has 2 aromatic rings. The summed E-state index contributed by atoms with van der Waals surface area (Å²) >= 11 is 0. The summed E-state index contributed by atoms with van der Waals surface area (Å²) < 4.78 is 6.84. The van der Waals surface area contributed by atoms with Crippen LogP contribution in [0.5, 0.6) is 0 Å². The van der Waals surface area contributed by atoms with Crippen molar-refractivity contribution in [3.8, 4) is 0 Å². The zero-order chi connectivity index (χ0) is 10.1. The van der Waals surface area contributed by atoms with Crippen LogP contribution in [0.4, 0.5) is 0 Å². The molecule has 0 saturated heterocycles. The topological polar surface area (TPSA) is 47.0 Å². The van der Waals surface area contributed by atoms with Gasteiger partial charge in [0.15, 0.2) is 0 Å². The van der Waals surface area contributed by atoms with Crippen molar-refractivity contribution >= 4 is 17.0 Å². The van der Waals surface area contributed by atoms with Crippen molar-refractivity contribution in [2.45, 2.75) is 6.92 Å². The lowest BCUT2D eigenvalue weighted by Crippen LogP contribution is -2.04. The molecule has 2 rings (SSSR count). The molecule has 0 aromatic carbocycles. The molecule has 4 nitrogen and oxygen atoms in total. The van der Waals surface area contributed by atoms with Crippen molar-refractivity contribution in [2.24, 2.45) is 7.05 Å². The molecule has 0 aliphatic rings. The molecule has 0 atom stereocenters. The molecule has 4 heteroatoms. The first-order chi connectivity index (χ1) is 6.72. The van der Waals surface area contributed by atoms with Crippen molar-refractivity contribution < 1.29 is 9.53 Å². The Hall–Kier alpha value is -1.71. The molecule has 0 spiro atoms. The van der Waals surface area contributed by atoms with Gasteiger partial charge in [-0.3, -0.25) is 0 Å². The van der Waals surface area contributed by atoms with Crippen LogP contribution in [-0.2, 0) is 11.8 Å². The van der Waals surface area contributed by atoms with Crippen LogP contribution in [0, 0.1) is 0 Å². The Bertz CT molecular complexity index is 467. The Kier molecular flexibility index (Phi) is 2.04. The van der Waals surface area contributed by atoms with Crippen molar-refractivity contribution in [1.82, 2.24) is 9.55 Å². The maximum absolute atomic E-state index is 11.4. The van der Waals surface area contributed by atoms with Crippen molar-refractivity contribution in [2.75, 3.05) is 6.61 Å². The number of aryl methyl sites for hydroxylation is 1. The number of carbonyl (C=O) groups excluding carboxylic acids is 1. The molecule has 0 radical (unpaired) electrons. The standard InChI is InChI=1S/C10H12N2O2/c1-3-14-10(13)8-6-9-7(11-8)4-5-12(9)2/h4-6,11H,3H2,1-2H3. The molecule has 0 unspecified atom stereocenters. The molecular weight excluding hydrogens is 180 g/mol. The molecular formula is C10H12N2O2. The predicted octanol–water partition coefficient (Wildman–Crippen LogP) is 1.68. The van der Waals surface area contributed by atoms with Gasteiger partial charge in [0.1, 0.15) is 5.69 Å². The zero-order valence-electron chi connectivity index (χ0n) is 8.20. The highest BCUT2D eigenvalue weighted by molar-refractivity contribution is 5.93. The van der Waals surface area contributed by atoms with Gasteiger partial charge in [0.25, 0.3) is 0 Å². The summed E-state index contributed by atoms with van der Waals surface area (Å²) in [5, 5.41) is 0. The SMILES string of the molecule is CCOC(=O)c1cc2c(ccn2C)[nH]1. The molecule has 0 amide bonds. The third kappa shape index (κ3) is 1.28. The number of esters is 1. The lowest BCUT2D eigenvalue weighted by atomic mass is 10.4. The van der Waals surface area contributed by atoms with Gasteiger partial charge in [-0.1, -0.05) is 0 Å². The number of ether oxygens (including phenoxy) is 1. The van der Waals surface area contributed by atoms with Crippen LogP contribution < -0.4 is 0 Å². The van der Waals surface area contributed by atoms with Crippen LogP contribution >= 0.6 is 0 Å². The van der Waals surface area contributed by atoms with Gasteiger partial charge in [0.05, 0.1) is 17.6 Å². The second-order valence-electron chi connectivity index (χ2n) is 3.13. The number of nitrogens with one attached hydrogen (secondary N) is 1. The molecule has 0 bridgehead atoms. The van der Waals surface area contributed by atoms with Crippen molar-refractivity contribution in [3.05, 3.63) is 24.0 Å². The zero-order valence-corrected chi connectivity index (χ0v) is 8.20. The highest BCUT2D eigenvalue weighted by Crippen LogP contribution is 2.16. The second-order valence-corrected chi connectivity index (χ2v) is 3.13. The molecule has 0 saturated carbocycles. The third-order valence-electron chi connectivity index (χ3n) is 2.17. The van der Waals surface area contributed by atoms with E-state index in [1.807, 2.05) is 23.9 Å². The van der Waals surface area contributed by atoms with Gasteiger partial charge < -0.3 is 14.3 Å². The molecule has 1 N–H and O–H groups in total. The lowest BCUT2D eigenvalue weighted by Gasteiger charge is -1.97. The summed E-state index contributed by atoms with van der Waals surface area (Å²) in [5.74, 6) is -0.302. The van der Waals surface area contributed by atoms with Crippen LogP contribution in [0.1, 0.15) is 17.4 Å². The second kappa shape index (κ2) is 3.21. The number of aromatic nitrogens is 2. The minimum atomic E-state index is -0.302. The minimum Gasteiger partial charge on any atom is -0.461 e.